The van der Waals surface area contributed by atoms with Gasteiger partial charge in [-0.2, -0.15) is 0 Å². The van der Waals surface area contributed by atoms with Gasteiger partial charge in [0.15, 0.2) is 6.20 Å². The monoisotopic (exact) mass is 432 g/mol. The van der Waals surface area contributed by atoms with Crippen LogP contribution in [0.4, 0.5) is 0 Å². The van der Waals surface area contributed by atoms with Crippen LogP contribution in [0.5, 0.6) is 11.5 Å². The number of fused-ring (bicyclic) bond motifs is 5. The number of hydrogen-bond acceptors (Lipinski definition) is 1. The zero-order valence-electron chi connectivity index (χ0n) is 20.3. The minimum absolute atomic E-state index is 0.255. The molecular weight excluding hydrogens is 402 g/mol. The van der Waals surface area contributed by atoms with Gasteiger partial charge in [-0.05, 0) is 70.5 Å². The minimum atomic E-state index is 0.255. The van der Waals surface area contributed by atoms with Crippen molar-refractivity contribution in [3.63, 3.8) is 0 Å². The fourth-order valence-electron chi connectivity index (χ4n) is 5.55. The molecule has 0 aliphatic carbocycles. The molecule has 2 heterocycles. The van der Waals surface area contributed by atoms with Crippen molar-refractivity contribution in [2.75, 3.05) is 0 Å². The van der Waals surface area contributed by atoms with E-state index in [2.05, 4.69) is 107 Å². The van der Waals surface area contributed by atoms with Crippen LogP contribution in [0.3, 0.4) is 0 Å². The van der Waals surface area contributed by atoms with Crippen molar-refractivity contribution >= 4 is 32.3 Å². The van der Waals surface area contributed by atoms with E-state index in [1.54, 1.807) is 0 Å². The summed E-state index contributed by atoms with van der Waals surface area (Å²) in [6.45, 7) is 11.3. The first-order valence-corrected chi connectivity index (χ1v) is 11.8. The summed E-state index contributed by atoms with van der Waals surface area (Å²) in [4.78, 5) is 0. The Morgan fingerprint density at radius 3 is 2.30 bits per heavy atom. The first-order valence-electron chi connectivity index (χ1n) is 11.8. The van der Waals surface area contributed by atoms with E-state index in [0.717, 1.165) is 17.9 Å². The van der Waals surface area contributed by atoms with Gasteiger partial charge in [0.05, 0.1) is 10.9 Å². The summed E-state index contributed by atoms with van der Waals surface area (Å²) in [5.74, 6) is 1.90. The molecule has 0 bridgehead atoms. The summed E-state index contributed by atoms with van der Waals surface area (Å²) in [6.07, 6.45) is 3.26. The predicted molar refractivity (Wildman–Crippen MR) is 138 cm³/mol. The van der Waals surface area contributed by atoms with Gasteiger partial charge in [0.25, 0.3) is 0 Å². The van der Waals surface area contributed by atoms with Crippen LogP contribution in [-0.4, -0.2) is 0 Å². The third-order valence-electron chi connectivity index (χ3n) is 6.98. The van der Waals surface area contributed by atoms with Gasteiger partial charge in [0.2, 0.25) is 5.69 Å². The molecule has 164 valence electrons. The predicted octanol–water partition coefficient (Wildman–Crippen LogP) is 7.95. The number of benzene rings is 4. The Morgan fingerprint density at radius 1 is 0.788 bits per heavy atom. The summed E-state index contributed by atoms with van der Waals surface area (Å²) in [5.41, 5.74) is 6.65. The summed E-state index contributed by atoms with van der Waals surface area (Å²) in [6, 6.07) is 20.3. The lowest BCUT2D eigenvalue weighted by Crippen LogP contribution is -2.31. The van der Waals surface area contributed by atoms with Crippen LogP contribution in [0.25, 0.3) is 43.6 Å². The molecule has 33 heavy (non-hydrogen) atoms. The smallest absolute Gasteiger partial charge is 0.228 e. The summed E-state index contributed by atoms with van der Waals surface area (Å²) in [7, 11) is 2.15. The first kappa shape index (κ1) is 20.2. The fourth-order valence-corrected chi connectivity index (χ4v) is 5.55. The normalized spacial score (nSPS) is 12.9. The van der Waals surface area contributed by atoms with E-state index in [4.69, 9.17) is 4.74 Å². The lowest BCUT2D eigenvalue weighted by atomic mass is 9.86. The van der Waals surface area contributed by atoms with E-state index < -0.39 is 0 Å². The molecule has 0 saturated heterocycles. The second-order valence-corrected chi connectivity index (χ2v) is 10.9. The molecule has 5 aromatic rings. The summed E-state index contributed by atoms with van der Waals surface area (Å²) in [5, 5.41) is 7.53. The molecule has 0 spiro atoms. The van der Waals surface area contributed by atoms with Gasteiger partial charge >= 0.3 is 0 Å². The Morgan fingerprint density at radius 2 is 1.52 bits per heavy atom. The highest BCUT2D eigenvalue weighted by Gasteiger charge is 2.31. The number of ether oxygens (including phenoxy) is 1. The molecule has 0 amide bonds. The highest BCUT2D eigenvalue weighted by molar-refractivity contribution is 6.16. The van der Waals surface area contributed by atoms with Gasteiger partial charge in [-0.15, -0.1) is 0 Å². The number of rotatable bonds is 1. The van der Waals surface area contributed by atoms with E-state index in [0.29, 0.717) is 0 Å². The summed E-state index contributed by atoms with van der Waals surface area (Å²) >= 11 is 0. The molecule has 0 atom stereocenters. The Balaban J connectivity index is 1.70. The van der Waals surface area contributed by atoms with Crippen molar-refractivity contribution in [3.05, 3.63) is 77.5 Å². The van der Waals surface area contributed by atoms with E-state index in [-0.39, 0.29) is 5.41 Å². The first-order chi connectivity index (χ1) is 15.7. The van der Waals surface area contributed by atoms with Crippen LogP contribution in [0.1, 0.15) is 37.5 Å². The molecule has 1 aliphatic heterocycles. The SMILES string of the molecule is Cc1ccc2cc3c(c(C)c2c1)-c1c2c(cc4ccc(CC(C)(C)C)cc4c2cc[n+]1C)O3. The maximum absolute atomic E-state index is 6.63. The number of nitrogens with zero attached hydrogens (tertiary/aromatic N) is 1. The third kappa shape index (κ3) is 3.12. The van der Waals surface area contributed by atoms with Crippen molar-refractivity contribution in [2.24, 2.45) is 12.5 Å². The summed E-state index contributed by atoms with van der Waals surface area (Å²) < 4.78 is 8.89. The Kier molecular flexibility index (Phi) is 4.17. The van der Waals surface area contributed by atoms with Crippen molar-refractivity contribution in [2.45, 2.75) is 41.0 Å². The lowest BCUT2D eigenvalue weighted by Gasteiger charge is -2.23. The van der Waals surface area contributed by atoms with Crippen molar-refractivity contribution in [1.29, 1.82) is 0 Å². The molecule has 0 N–H and O–H groups in total. The van der Waals surface area contributed by atoms with Crippen LogP contribution in [0.15, 0.2) is 60.8 Å². The Hall–Kier alpha value is -3.39. The molecule has 2 heteroatoms. The van der Waals surface area contributed by atoms with Gasteiger partial charge in [-0.1, -0.05) is 62.7 Å². The van der Waals surface area contributed by atoms with Crippen LogP contribution < -0.4 is 9.30 Å². The standard InChI is InChI=1S/C31H30NO/c1-18-7-9-21-15-26-28(19(2)24(21)13-18)30-29-23(11-12-32(30)6)25-14-20(17-31(3,4)5)8-10-22(25)16-27(29)33-26/h7-16H,17H2,1-6H3/q+1. The van der Waals surface area contributed by atoms with Crippen LogP contribution in [0.2, 0.25) is 0 Å². The highest BCUT2D eigenvalue weighted by atomic mass is 16.5. The highest BCUT2D eigenvalue weighted by Crippen LogP contribution is 2.50. The molecule has 2 nitrogen and oxygen atoms in total. The van der Waals surface area contributed by atoms with Crippen molar-refractivity contribution in [3.8, 4) is 22.8 Å². The second-order valence-electron chi connectivity index (χ2n) is 10.9. The fraction of sp³-hybridized carbons (Fsp3) is 0.258. The van der Waals surface area contributed by atoms with Crippen LogP contribution >= 0.6 is 0 Å². The van der Waals surface area contributed by atoms with Gasteiger partial charge in [0, 0.05) is 11.5 Å². The van der Waals surface area contributed by atoms with Gasteiger partial charge < -0.3 is 4.74 Å². The number of aryl methyl sites for hydroxylation is 3. The largest absolute Gasteiger partial charge is 0.456 e. The van der Waals surface area contributed by atoms with Gasteiger partial charge in [0.1, 0.15) is 18.5 Å². The maximum atomic E-state index is 6.63. The Bertz CT molecular complexity index is 1620. The van der Waals surface area contributed by atoms with E-state index in [1.807, 2.05) is 0 Å². The molecule has 1 aliphatic rings. The number of hydrogen-bond donors (Lipinski definition) is 0. The molecular formula is C31H30NO+. The molecule has 0 unspecified atom stereocenters. The van der Waals surface area contributed by atoms with E-state index >= 15 is 0 Å². The molecule has 4 aromatic carbocycles. The molecule has 0 saturated carbocycles. The molecule has 6 rings (SSSR count). The van der Waals surface area contributed by atoms with Crippen molar-refractivity contribution in [1.82, 2.24) is 0 Å². The van der Waals surface area contributed by atoms with Crippen LogP contribution in [-0.2, 0) is 13.5 Å². The maximum Gasteiger partial charge on any atom is 0.228 e. The number of pyridine rings is 1. The lowest BCUT2D eigenvalue weighted by molar-refractivity contribution is -0.659. The zero-order valence-corrected chi connectivity index (χ0v) is 20.3. The third-order valence-corrected chi connectivity index (χ3v) is 6.98. The quantitative estimate of drug-likeness (QED) is 0.190. The average molecular weight is 433 g/mol. The molecule has 0 fully saturated rings. The Labute approximate surface area is 195 Å². The van der Waals surface area contributed by atoms with E-state index in [1.165, 1.54) is 60.3 Å². The number of aromatic nitrogens is 1. The molecule has 0 radical (unpaired) electrons. The minimum Gasteiger partial charge on any atom is -0.456 e. The second kappa shape index (κ2) is 6.81. The van der Waals surface area contributed by atoms with Gasteiger partial charge in [-0.3, -0.25) is 0 Å². The van der Waals surface area contributed by atoms with Crippen LogP contribution in [0, 0.1) is 19.3 Å². The topological polar surface area (TPSA) is 13.1 Å². The van der Waals surface area contributed by atoms with Gasteiger partial charge in [-0.25, -0.2) is 4.57 Å². The average Bonchev–Trinajstić information content (AvgIpc) is 2.75. The van der Waals surface area contributed by atoms with E-state index in [9.17, 15) is 0 Å². The molecule has 1 aromatic heterocycles. The van der Waals surface area contributed by atoms with Crippen molar-refractivity contribution < 1.29 is 9.30 Å². The zero-order chi connectivity index (χ0) is 23.1.